The van der Waals surface area contributed by atoms with Gasteiger partial charge in [0, 0.05) is 19.0 Å². The number of hydrogen-bond acceptors (Lipinski definition) is 4. The van der Waals surface area contributed by atoms with Crippen molar-refractivity contribution in [1.29, 1.82) is 5.26 Å². The first-order valence-corrected chi connectivity index (χ1v) is 4.14. The number of ether oxygens (including phenoxy) is 1. The van der Waals surface area contributed by atoms with Crippen LogP contribution in [0.15, 0.2) is 18.5 Å². The third-order valence-corrected chi connectivity index (χ3v) is 2.23. The van der Waals surface area contributed by atoms with Gasteiger partial charge in [0.2, 0.25) is 0 Å². The average molecular weight is 175 g/mol. The Morgan fingerprint density at radius 3 is 2.77 bits per heavy atom. The molecular weight excluding hydrogens is 166 g/mol. The van der Waals surface area contributed by atoms with Gasteiger partial charge in [0.25, 0.3) is 0 Å². The molecule has 0 radical (unpaired) electrons. The number of nitrogens with zero attached hydrogens (tertiary/aromatic N) is 3. The number of nitriles is 1. The van der Waals surface area contributed by atoms with Crippen molar-refractivity contribution in [2.75, 3.05) is 13.2 Å². The van der Waals surface area contributed by atoms with Crippen LogP contribution in [0.5, 0.6) is 0 Å². The largest absolute Gasteiger partial charge is 0.379 e. The first-order chi connectivity index (χ1) is 6.37. The number of hydrogen-bond donors (Lipinski definition) is 0. The summed E-state index contributed by atoms with van der Waals surface area (Å²) >= 11 is 0. The molecule has 13 heavy (non-hydrogen) atoms. The number of rotatable bonds is 1. The lowest BCUT2D eigenvalue weighted by Gasteiger charge is -2.15. The molecule has 4 nitrogen and oxygen atoms in total. The van der Waals surface area contributed by atoms with Crippen LogP contribution in [-0.4, -0.2) is 23.2 Å². The van der Waals surface area contributed by atoms with Crippen molar-refractivity contribution in [3.63, 3.8) is 0 Å². The molecule has 1 aromatic rings. The monoisotopic (exact) mass is 175 g/mol. The van der Waals surface area contributed by atoms with Gasteiger partial charge in [-0.15, -0.1) is 0 Å². The fourth-order valence-corrected chi connectivity index (χ4v) is 1.43. The van der Waals surface area contributed by atoms with Gasteiger partial charge in [0.05, 0.1) is 12.7 Å². The van der Waals surface area contributed by atoms with E-state index in [0.717, 1.165) is 0 Å². The Kier molecular flexibility index (Phi) is 1.95. The van der Waals surface area contributed by atoms with E-state index in [0.29, 0.717) is 25.5 Å². The molecule has 1 fully saturated rings. The van der Waals surface area contributed by atoms with Crippen LogP contribution < -0.4 is 0 Å². The lowest BCUT2D eigenvalue weighted by molar-refractivity contribution is 0.185. The van der Waals surface area contributed by atoms with Gasteiger partial charge < -0.3 is 4.74 Å². The second kappa shape index (κ2) is 3.11. The highest BCUT2D eigenvalue weighted by Crippen LogP contribution is 2.29. The van der Waals surface area contributed by atoms with Crippen molar-refractivity contribution < 1.29 is 4.74 Å². The zero-order valence-corrected chi connectivity index (χ0v) is 7.10. The molecule has 1 aliphatic rings. The minimum atomic E-state index is -0.610. The Bertz CT molecular complexity index is 324. The van der Waals surface area contributed by atoms with Crippen LogP contribution in [0.25, 0.3) is 0 Å². The molecule has 0 spiro atoms. The summed E-state index contributed by atoms with van der Waals surface area (Å²) in [5, 5.41) is 9.06. The van der Waals surface area contributed by atoms with Crippen LogP contribution in [-0.2, 0) is 10.2 Å². The molecule has 0 amide bonds. The Morgan fingerprint density at radius 2 is 2.23 bits per heavy atom. The first-order valence-electron chi connectivity index (χ1n) is 4.14. The third kappa shape index (κ3) is 1.27. The highest BCUT2D eigenvalue weighted by Gasteiger charge is 2.39. The molecule has 0 aromatic carbocycles. The van der Waals surface area contributed by atoms with E-state index in [9.17, 15) is 0 Å². The predicted molar refractivity (Wildman–Crippen MR) is 44.8 cm³/mol. The Morgan fingerprint density at radius 1 is 1.46 bits per heavy atom. The van der Waals surface area contributed by atoms with Crippen molar-refractivity contribution in [2.24, 2.45) is 0 Å². The predicted octanol–water partition coefficient (Wildman–Crippen LogP) is 0.658. The summed E-state index contributed by atoms with van der Waals surface area (Å²) in [5.41, 5.74) is -0.610. The zero-order valence-electron chi connectivity index (χ0n) is 7.10. The molecule has 2 heterocycles. The Labute approximate surface area is 76.2 Å². The van der Waals surface area contributed by atoms with E-state index >= 15 is 0 Å². The van der Waals surface area contributed by atoms with E-state index < -0.39 is 5.41 Å². The standard InChI is InChI=1S/C9H9N3O/c10-6-9(2-5-13-7-9)8-11-3-1-4-12-8/h1,3-4H,2,5,7H2. The van der Waals surface area contributed by atoms with Gasteiger partial charge in [-0.1, -0.05) is 0 Å². The molecule has 66 valence electrons. The molecule has 1 saturated heterocycles. The van der Waals surface area contributed by atoms with Gasteiger partial charge in [-0.05, 0) is 12.5 Å². The van der Waals surface area contributed by atoms with E-state index in [-0.39, 0.29) is 0 Å². The topological polar surface area (TPSA) is 58.8 Å². The molecule has 2 rings (SSSR count). The van der Waals surface area contributed by atoms with Crippen LogP contribution in [0.4, 0.5) is 0 Å². The van der Waals surface area contributed by atoms with Crippen molar-refractivity contribution in [3.8, 4) is 6.07 Å². The van der Waals surface area contributed by atoms with Gasteiger partial charge in [-0.25, -0.2) is 9.97 Å². The minimum absolute atomic E-state index is 0.410. The van der Waals surface area contributed by atoms with Crippen LogP contribution in [0.3, 0.4) is 0 Å². The molecule has 1 atom stereocenters. The molecule has 0 bridgehead atoms. The summed E-state index contributed by atoms with van der Waals surface area (Å²) in [6.07, 6.45) is 3.99. The fraction of sp³-hybridized carbons (Fsp3) is 0.444. The molecule has 0 saturated carbocycles. The molecule has 1 aliphatic heterocycles. The molecule has 1 unspecified atom stereocenters. The highest BCUT2D eigenvalue weighted by atomic mass is 16.5. The van der Waals surface area contributed by atoms with Crippen molar-refractivity contribution in [2.45, 2.75) is 11.8 Å². The van der Waals surface area contributed by atoms with Gasteiger partial charge >= 0.3 is 0 Å². The molecule has 4 heteroatoms. The van der Waals surface area contributed by atoms with Gasteiger partial charge in [-0.3, -0.25) is 0 Å². The maximum Gasteiger partial charge on any atom is 0.150 e. The van der Waals surface area contributed by atoms with Gasteiger partial charge in [-0.2, -0.15) is 5.26 Å². The van der Waals surface area contributed by atoms with E-state index in [2.05, 4.69) is 16.0 Å². The number of aromatic nitrogens is 2. The van der Waals surface area contributed by atoms with E-state index in [4.69, 9.17) is 10.00 Å². The van der Waals surface area contributed by atoms with Crippen LogP contribution in [0, 0.1) is 11.3 Å². The fourth-order valence-electron chi connectivity index (χ4n) is 1.43. The third-order valence-electron chi connectivity index (χ3n) is 2.23. The molecular formula is C9H9N3O. The maximum atomic E-state index is 9.06. The quantitative estimate of drug-likeness (QED) is 0.629. The van der Waals surface area contributed by atoms with Gasteiger partial charge in [0.1, 0.15) is 5.41 Å². The first kappa shape index (κ1) is 8.14. The summed E-state index contributed by atoms with van der Waals surface area (Å²) in [6.45, 7) is 1.03. The van der Waals surface area contributed by atoms with Crippen LogP contribution in [0.1, 0.15) is 12.2 Å². The second-order valence-electron chi connectivity index (χ2n) is 3.07. The molecule has 0 N–H and O–H groups in total. The summed E-state index contributed by atoms with van der Waals surface area (Å²) in [6, 6.07) is 3.98. The zero-order chi connectivity index (χ0) is 9.15. The average Bonchev–Trinajstić information content (AvgIpc) is 2.69. The van der Waals surface area contributed by atoms with Crippen LogP contribution >= 0.6 is 0 Å². The van der Waals surface area contributed by atoms with Crippen molar-refractivity contribution >= 4 is 0 Å². The lowest BCUT2D eigenvalue weighted by atomic mass is 9.88. The second-order valence-corrected chi connectivity index (χ2v) is 3.07. The summed E-state index contributed by atoms with van der Waals surface area (Å²) in [7, 11) is 0. The molecule has 1 aromatic heterocycles. The van der Waals surface area contributed by atoms with Crippen LogP contribution in [0.2, 0.25) is 0 Å². The summed E-state index contributed by atoms with van der Waals surface area (Å²) in [4.78, 5) is 8.18. The normalized spacial score (nSPS) is 27.0. The maximum absolute atomic E-state index is 9.06. The molecule has 0 aliphatic carbocycles. The van der Waals surface area contributed by atoms with Crippen molar-refractivity contribution in [3.05, 3.63) is 24.3 Å². The lowest BCUT2D eigenvalue weighted by Crippen LogP contribution is -2.26. The highest BCUT2D eigenvalue weighted by molar-refractivity contribution is 5.21. The van der Waals surface area contributed by atoms with Crippen molar-refractivity contribution in [1.82, 2.24) is 9.97 Å². The minimum Gasteiger partial charge on any atom is -0.379 e. The Balaban J connectivity index is 2.38. The SMILES string of the molecule is N#CC1(c2ncccn2)CCOC1. The Hall–Kier alpha value is -1.47. The van der Waals surface area contributed by atoms with E-state index in [1.54, 1.807) is 18.5 Å². The van der Waals surface area contributed by atoms with E-state index in [1.165, 1.54) is 0 Å². The smallest absolute Gasteiger partial charge is 0.150 e. The summed E-state index contributed by atoms with van der Waals surface area (Å²) in [5.74, 6) is 0.579. The van der Waals surface area contributed by atoms with Gasteiger partial charge in [0.15, 0.2) is 5.82 Å². The van der Waals surface area contributed by atoms with E-state index in [1.807, 2.05) is 0 Å². The summed E-state index contributed by atoms with van der Waals surface area (Å²) < 4.78 is 5.20.